The summed E-state index contributed by atoms with van der Waals surface area (Å²) in [4.78, 5) is 18.9. The van der Waals surface area contributed by atoms with Gasteiger partial charge in [0, 0.05) is 18.2 Å². The number of fused-ring (bicyclic) bond motifs is 1. The highest BCUT2D eigenvalue weighted by atomic mass is 79.9. The second kappa shape index (κ2) is 6.43. The summed E-state index contributed by atoms with van der Waals surface area (Å²) in [6, 6.07) is 4.32. The number of aromatic nitrogens is 1. The topological polar surface area (TPSA) is 57.3 Å². The molecule has 3 rings (SSSR count). The number of hydrogen-bond donors (Lipinski definition) is 2. The van der Waals surface area contributed by atoms with E-state index in [1.165, 1.54) is 6.42 Å². The molecule has 0 radical (unpaired) electrons. The minimum absolute atomic E-state index is 0. The molecular formula is C15H22BrClN4O. The van der Waals surface area contributed by atoms with Crippen LogP contribution in [0.2, 0.25) is 0 Å². The molecule has 7 heteroatoms. The first-order valence-electron chi connectivity index (χ1n) is 7.24. The number of halogens is 2. The Labute approximate surface area is 145 Å². The molecule has 1 saturated carbocycles. The fourth-order valence-corrected chi connectivity index (χ4v) is 3.38. The van der Waals surface area contributed by atoms with Crippen molar-refractivity contribution in [3.8, 4) is 0 Å². The summed E-state index contributed by atoms with van der Waals surface area (Å²) in [6.07, 6.45) is 2.11. The quantitative estimate of drug-likeness (QED) is 0.777. The third-order valence-corrected chi connectivity index (χ3v) is 4.86. The van der Waals surface area contributed by atoms with Crippen LogP contribution in [0.15, 0.2) is 16.7 Å². The molecule has 122 valence electrons. The van der Waals surface area contributed by atoms with Crippen LogP contribution in [0.5, 0.6) is 0 Å². The molecule has 2 heterocycles. The number of piperidine rings is 1. The number of carbonyl (C=O) groups excluding carboxylic acids is 1. The van der Waals surface area contributed by atoms with Gasteiger partial charge in [-0.15, -0.1) is 12.4 Å². The second-order valence-corrected chi connectivity index (χ2v) is 7.52. The summed E-state index contributed by atoms with van der Waals surface area (Å²) >= 11 is 3.37. The summed E-state index contributed by atoms with van der Waals surface area (Å²) in [7, 11) is 4.00. The number of rotatable bonds is 4. The Kier molecular flexibility index (Phi) is 5.16. The molecule has 1 aromatic heterocycles. The van der Waals surface area contributed by atoms with E-state index in [4.69, 9.17) is 0 Å². The van der Waals surface area contributed by atoms with Crippen LogP contribution in [0.25, 0.3) is 0 Å². The summed E-state index contributed by atoms with van der Waals surface area (Å²) in [5, 5.41) is 6.39. The molecule has 2 aliphatic rings. The van der Waals surface area contributed by atoms with Crippen LogP contribution in [0.1, 0.15) is 25.3 Å². The van der Waals surface area contributed by atoms with Crippen molar-refractivity contribution in [2.45, 2.75) is 38.4 Å². The Hall–Kier alpha value is -0.690. The lowest BCUT2D eigenvalue weighted by Gasteiger charge is -2.17. The second-order valence-electron chi connectivity index (χ2n) is 6.70. The summed E-state index contributed by atoms with van der Waals surface area (Å²) in [5.41, 5.74) is 1.35. The number of hydrogen-bond acceptors (Lipinski definition) is 4. The minimum Gasteiger partial charge on any atom is -0.309 e. The van der Waals surface area contributed by atoms with Gasteiger partial charge in [-0.3, -0.25) is 4.79 Å². The van der Waals surface area contributed by atoms with Crippen LogP contribution in [-0.2, 0) is 11.3 Å². The number of carbonyl (C=O) groups is 1. The Morgan fingerprint density at radius 1 is 1.50 bits per heavy atom. The number of amides is 1. The fraction of sp³-hybridized carbons (Fsp3) is 0.600. The maximum Gasteiger partial charge on any atom is 0.242 e. The first-order chi connectivity index (χ1) is 9.87. The summed E-state index contributed by atoms with van der Waals surface area (Å²) in [6.45, 7) is 2.99. The Balaban J connectivity index is 0.00000176. The van der Waals surface area contributed by atoms with E-state index in [9.17, 15) is 4.79 Å². The zero-order valence-corrected chi connectivity index (χ0v) is 15.4. The van der Waals surface area contributed by atoms with E-state index in [-0.39, 0.29) is 24.4 Å². The zero-order chi connectivity index (χ0) is 15.2. The normalized spacial score (nSPS) is 29.0. The number of nitrogens with zero attached hydrogens (tertiary/aromatic N) is 2. The molecule has 1 amide bonds. The third-order valence-electron chi connectivity index (χ3n) is 4.41. The number of pyridine rings is 1. The molecule has 22 heavy (non-hydrogen) atoms. The molecule has 3 atom stereocenters. The molecule has 1 saturated heterocycles. The Bertz CT molecular complexity index is 583. The van der Waals surface area contributed by atoms with Gasteiger partial charge in [-0.05, 0) is 54.3 Å². The van der Waals surface area contributed by atoms with Gasteiger partial charge in [0.25, 0.3) is 0 Å². The fourth-order valence-electron chi connectivity index (χ4n) is 3.07. The van der Waals surface area contributed by atoms with E-state index in [0.717, 1.165) is 23.1 Å². The first-order valence-corrected chi connectivity index (χ1v) is 8.04. The molecule has 1 aromatic rings. The van der Waals surface area contributed by atoms with E-state index < -0.39 is 0 Å². The predicted octanol–water partition coefficient (Wildman–Crippen LogP) is 2.41. The highest BCUT2D eigenvalue weighted by Crippen LogP contribution is 2.53. The van der Waals surface area contributed by atoms with E-state index in [2.05, 4.69) is 43.4 Å². The van der Waals surface area contributed by atoms with Gasteiger partial charge in [-0.1, -0.05) is 13.0 Å². The Morgan fingerprint density at radius 3 is 2.82 bits per heavy atom. The minimum atomic E-state index is -0.0956. The maximum absolute atomic E-state index is 12.4. The van der Waals surface area contributed by atoms with Crippen LogP contribution in [0.3, 0.4) is 0 Å². The molecule has 1 aliphatic carbocycles. The predicted molar refractivity (Wildman–Crippen MR) is 93.3 cm³/mol. The maximum atomic E-state index is 12.4. The SMILES string of the molecule is CN(C)Cc1ccc(Br)nc1NC(=O)[C@@H]1C[C@@]2(C)C[C@H]2N1.Cl. The highest BCUT2D eigenvalue weighted by Gasteiger charge is 2.58. The average molecular weight is 390 g/mol. The van der Waals surface area contributed by atoms with Gasteiger partial charge in [-0.2, -0.15) is 0 Å². The van der Waals surface area contributed by atoms with Crippen molar-refractivity contribution in [2.24, 2.45) is 5.41 Å². The van der Waals surface area contributed by atoms with Gasteiger partial charge in [0.05, 0.1) is 6.04 Å². The van der Waals surface area contributed by atoms with Crippen molar-refractivity contribution in [2.75, 3.05) is 19.4 Å². The van der Waals surface area contributed by atoms with Gasteiger partial charge in [0.1, 0.15) is 10.4 Å². The van der Waals surface area contributed by atoms with Crippen LogP contribution < -0.4 is 10.6 Å². The van der Waals surface area contributed by atoms with Gasteiger partial charge in [-0.25, -0.2) is 4.98 Å². The van der Waals surface area contributed by atoms with Crippen LogP contribution in [0, 0.1) is 5.41 Å². The number of nitrogens with one attached hydrogen (secondary N) is 2. The van der Waals surface area contributed by atoms with Crippen molar-refractivity contribution in [1.82, 2.24) is 15.2 Å². The molecule has 0 aromatic carbocycles. The zero-order valence-electron chi connectivity index (χ0n) is 13.0. The summed E-state index contributed by atoms with van der Waals surface area (Å²) < 4.78 is 0.731. The third kappa shape index (κ3) is 3.62. The van der Waals surface area contributed by atoms with Crippen molar-refractivity contribution in [1.29, 1.82) is 0 Å². The molecule has 2 fully saturated rings. The molecule has 0 spiro atoms. The van der Waals surface area contributed by atoms with E-state index >= 15 is 0 Å². The smallest absolute Gasteiger partial charge is 0.242 e. The van der Waals surface area contributed by atoms with Crippen molar-refractivity contribution < 1.29 is 4.79 Å². The molecule has 0 unspecified atom stereocenters. The molecular weight excluding hydrogens is 368 g/mol. The van der Waals surface area contributed by atoms with Gasteiger partial charge in [0.2, 0.25) is 5.91 Å². The monoisotopic (exact) mass is 388 g/mol. The highest BCUT2D eigenvalue weighted by molar-refractivity contribution is 9.10. The van der Waals surface area contributed by atoms with Crippen molar-refractivity contribution in [3.05, 3.63) is 22.3 Å². The standard InChI is InChI=1S/C15H21BrN4O.ClH/c1-15-6-10(17-11(15)7-15)14(21)19-13-9(8-20(2)3)4-5-12(16)18-13;/h4-5,10-11,17H,6-8H2,1-3H3,(H,18,19,21);1H/t10-,11+,15-;/m0./s1. The Morgan fingerprint density at radius 2 is 2.23 bits per heavy atom. The lowest BCUT2D eigenvalue weighted by atomic mass is 10.0. The average Bonchev–Trinajstić information content (AvgIpc) is 2.90. The van der Waals surface area contributed by atoms with Crippen molar-refractivity contribution in [3.63, 3.8) is 0 Å². The first kappa shape index (κ1) is 17.7. The van der Waals surface area contributed by atoms with Crippen LogP contribution >= 0.6 is 28.3 Å². The van der Waals surface area contributed by atoms with Crippen LogP contribution in [0.4, 0.5) is 5.82 Å². The van der Waals surface area contributed by atoms with Gasteiger partial charge >= 0.3 is 0 Å². The van der Waals surface area contributed by atoms with E-state index in [1.807, 2.05) is 26.2 Å². The lowest BCUT2D eigenvalue weighted by Crippen LogP contribution is -2.38. The molecule has 2 N–H and O–H groups in total. The van der Waals surface area contributed by atoms with E-state index in [0.29, 0.717) is 17.3 Å². The molecule has 1 aliphatic heterocycles. The van der Waals surface area contributed by atoms with Gasteiger partial charge in [0.15, 0.2) is 0 Å². The lowest BCUT2D eigenvalue weighted by molar-refractivity contribution is -0.118. The number of anilines is 1. The van der Waals surface area contributed by atoms with E-state index in [1.54, 1.807) is 0 Å². The van der Waals surface area contributed by atoms with Gasteiger partial charge < -0.3 is 15.5 Å². The van der Waals surface area contributed by atoms with Crippen molar-refractivity contribution >= 4 is 40.1 Å². The molecule has 5 nitrogen and oxygen atoms in total. The van der Waals surface area contributed by atoms with Crippen LogP contribution in [-0.4, -0.2) is 42.0 Å². The molecule has 0 bridgehead atoms. The summed E-state index contributed by atoms with van der Waals surface area (Å²) in [5.74, 6) is 0.671. The largest absolute Gasteiger partial charge is 0.309 e.